The molecule has 0 saturated carbocycles. The lowest BCUT2D eigenvalue weighted by Crippen LogP contribution is -2.15. The summed E-state index contributed by atoms with van der Waals surface area (Å²) in [4.78, 5) is 0. The smallest absolute Gasteiger partial charge is 0.127 e. The lowest BCUT2D eigenvalue weighted by molar-refractivity contribution is 0.263. The van der Waals surface area contributed by atoms with Gasteiger partial charge in [-0.25, -0.2) is 0 Å². The summed E-state index contributed by atoms with van der Waals surface area (Å²) in [6, 6.07) is 6.22. The number of hydrogen-bond donors (Lipinski definition) is 0. The van der Waals surface area contributed by atoms with Crippen molar-refractivity contribution in [2.75, 3.05) is 0 Å². The van der Waals surface area contributed by atoms with Gasteiger partial charge in [0.15, 0.2) is 0 Å². The van der Waals surface area contributed by atoms with E-state index in [1.54, 1.807) is 0 Å². The topological polar surface area (TPSA) is 9.23 Å². The third kappa shape index (κ3) is 1.63. The van der Waals surface area contributed by atoms with Gasteiger partial charge in [-0.3, -0.25) is 0 Å². The molecule has 2 rings (SSSR count). The van der Waals surface area contributed by atoms with Crippen LogP contribution in [-0.2, 0) is 0 Å². The van der Waals surface area contributed by atoms with Crippen LogP contribution in [0.25, 0.3) is 6.08 Å². The van der Waals surface area contributed by atoms with E-state index >= 15 is 0 Å². The molecule has 1 aliphatic rings. The van der Waals surface area contributed by atoms with Crippen molar-refractivity contribution in [2.24, 2.45) is 0 Å². The molecule has 0 fully saturated rings. The number of benzene rings is 1. The second-order valence-electron chi connectivity index (χ2n) is 3.33. The molecule has 1 unspecified atom stereocenters. The quantitative estimate of drug-likeness (QED) is 0.673. The fourth-order valence-corrected chi connectivity index (χ4v) is 1.74. The van der Waals surface area contributed by atoms with Gasteiger partial charge in [0.05, 0.1) is 0 Å². The van der Waals surface area contributed by atoms with Crippen molar-refractivity contribution in [3.8, 4) is 5.75 Å². The van der Waals surface area contributed by atoms with E-state index in [2.05, 4.69) is 41.1 Å². The van der Waals surface area contributed by atoms with Crippen molar-refractivity contribution in [2.45, 2.75) is 20.0 Å². The minimum absolute atomic E-state index is 0.134. The minimum atomic E-state index is 0.134. The third-order valence-corrected chi connectivity index (χ3v) is 3.02. The Morgan fingerprint density at radius 2 is 2.15 bits per heavy atom. The first-order valence-corrected chi connectivity index (χ1v) is 5.10. The molecule has 0 radical (unpaired) electrons. The van der Waals surface area contributed by atoms with E-state index < -0.39 is 0 Å². The summed E-state index contributed by atoms with van der Waals surface area (Å²) in [5, 5.41) is 0. The number of fused-ring (bicyclic) bond motifs is 1. The number of halogens is 1. The predicted molar refractivity (Wildman–Crippen MR) is 58.2 cm³/mol. The normalized spacial score (nSPS) is 20.2. The molecule has 1 aromatic rings. The van der Waals surface area contributed by atoms with Crippen LogP contribution in [0.3, 0.4) is 0 Å². The highest BCUT2D eigenvalue weighted by molar-refractivity contribution is 9.11. The van der Waals surface area contributed by atoms with Gasteiger partial charge in [-0.1, -0.05) is 27.6 Å². The fraction of sp³-hybridized carbons (Fsp3) is 0.273. The van der Waals surface area contributed by atoms with Gasteiger partial charge in [0.1, 0.15) is 11.9 Å². The van der Waals surface area contributed by atoms with Crippen molar-refractivity contribution < 1.29 is 4.74 Å². The summed E-state index contributed by atoms with van der Waals surface area (Å²) in [5.41, 5.74) is 2.42. The molecule has 0 amide bonds. The second kappa shape index (κ2) is 3.18. The van der Waals surface area contributed by atoms with E-state index in [0.29, 0.717) is 0 Å². The van der Waals surface area contributed by atoms with Gasteiger partial charge in [0, 0.05) is 10.0 Å². The first-order chi connectivity index (χ1) is 6.16. The molecular formula is C11H11BrO. The van der Waals surface area contributed by atoms with Crippen LogP contribution in [0.15, 0.2) is 22.7 Å². The van der Waals surface area contributed by atoms with Crippen molar-refractivity contribution >= 4 is 22.0 Å². The monoisotopic (exact) mass is 238 g/mol. The highest BCUT2D eigenvalue weighted by Crippen LogP contribution is 2.32. The summed E-state index contributed by atoms with van der Waals surface area (Å²) < 4.78 is 6.79. The molecule has 1 heterocycles. The zero-order valence-electron chi connectivity index (χ0n) is 7.67. The largest absolute Gasteiger partial charge is 0.485 e. The molecule has 1 nitrogen and oxygen atoms in total. The Hall–Kier alpha value is -0.760. The first kappa shape index (κ1) is 8.82. The summed E-state index contributed by atoms with van der Waals surface area (Å²) >= 11 is 3.48. The van der Waals surface area contributed by atoms with E-state index in [9.17, 15) is 0 Å². The van der Waals surface area contributed by atoms with Crippen molar-refractivity contribution in [3.63, 3.8) is 0 Å². The van der Waals surface area contributed by atoms with E-state index in [1.807, 2.05) is 13.0 Å². The Labute approximate surface area is 86.5 Å². The average Bonchev–Trinajstić information content (AvgIpc) is 2.08. The number of hydrogen-bond acceptors (Lipinski definition) is 1. The molecule has 0 bridgehead atoms. The van der Waals surface area contributed by atoms with Crippen LogP contribution in [0.2, 0.25) is 0 Å². The molecule has 1 aliphatic heterocycles. The zero-order valence-corrected chi connectivity index (χ0v) is 9.26. The summed E-state index contributed by atoms with van der Waals surface area (Å²) in [5.74, 6) is 0.973. The Morgan fingerprint density at radius 1 is 1.38 bits per heavy atom. The summed E-state index contributed by atoms with van der Waals surface area (Å²) in [7, 11) is 0. The van der Waals surface area contributed by atoms with E-state index in [0.717, 1.165) is 15.8 Å². The number of ether oxygens (including phenoxy) is 1. The van der Waals surface area contributed by atoms with Gasteiger partial charge in [0.2, 0.25) is 0 Å². The summed E-state index contributed by atoms with van der Waals surface area (Å²) in [6.07, 6.45) is 2.26. The van der Waals surface area contributed by atoms with Crippen LogP contribution in [0, 0.1) is 6.92 Å². The highest BCUT2D eigenvalue weighted by Gasteiger charge is 2.16. The van der Waals surface area contributed by atoms with Crippen LogP contribution in [0.1, 0.15) is 18.1 Å². The third-order valence-electron chi connectivity index (χ3n) is 2.15. The average molecular weight is 239 g/mol. The predicted octanol–water partition coefficient (Wildman–Crippen LogP) is 3.51. The Bertz CT molecular complexity index is 368. The fourth-order valence-electron chi connectivity index (χ4n) is 1.40. The van der Waals surface area contributed by atoms with Crippen molar-refractivity contribution in [1.29, 1.82) is 0 Å². The van der Waals surface area contributed by atoms with Crippen molar-refractivity contribution in [3.05, 3.63) is 33.8 Å². The van der Waals surface area contributed by atoms with Crippen LogP contribution in [0.5, 0.6) is 5.75 Å². The van der Waals surface area contributed by atoms with Crippen LogP contribution < -0.4 is 4.74 Å². The molecule has 0 spiro atoms. The first-order valence-electron chi connectivity index (χ1n) is 4.31. The minimum Gasteiger partial charge on any atom is -0.485 e. The Kier molecular flexibility index (Phi) is 2.16. The maximum Gasteiger partial charge on any atom is 0.127 e. The van der Waals surface area contributed by atoms with Gasteiger partial charge < -0.3 is 4.74 Å². The zero-order chi connectivity index (χ0) is 9.42. The van der Waals surface area contributed by atoms with Gasteiger partial charge in [0.25, 0.3) is 0 Å². The maximum atomic E-state index is 5.68. The molecule has 1 aromatic carbocycles. The molecule has 0 aromatic heterocycles. The molecule has 13 heavy (non-hydrogen) atoms. The van der Waals surface area contributed by atoms with Crippen LogP contribution >= 0.6 is 15.9 Å². The highest BCUT2D eigenvalue weighted by atomic mass is 79.9. The van der Waals surface area contributed by atoms with E-state index in [4.69, 9.17) is 4.74 Å². The Balaban J connectivity index is 2.51. The second-order valence-corrected chi connectivity index (χ2v) is 4.25. The maximum absolute atomic E-state index is 5.68. The SMILES string of the molecule is Cc1ccc2c(c1)C=C(Br)C(C)O2. The lowest BCUT2D eigenvalue weighted by atomic mass is 10.1. The molecule has 0 aliphatic carbocycles. The standard InChI is InChI=1S/C11H11BrO/c1-7-3-4-11-9(5-7)6-10(12)8(2)13-11/h3-6,8H,1-2H3. The number of rotatable bonds is 0. The van der Waals surface area contributed by atoms with Crippen molar-refractivity contribution in [1.82, 2.24) is 0 Å². The van der Waals surface area contributed by atoms with Gasteiger partial charge >= 0.3 is 0 Å². The number of aryl methyl sites for hydroxylation is 1. The van der Waals surface area contributed by atoms with E-state index in [-0.39, 0.29) is 6.10 Å². The molecule has 1 atom stereocenters. The molecule has 0 N–H and O–H groups in total. The molecule has 0 saturated heterocycles. The van der Waals surface area contributed by atoms with Gasteiger partial charge in [-0.15, -0.1) is 0 Å². The Morgan fingerprint density at radius 3 is 2.92 bits per heavy atom. The van der Waals surface area contributed by atoms with Gasteiger partial charge in [-0.05, 0) is 32.1 Å². The molecule has 68 valence electrons. The lowest BCUT2D eigenvalue weighted by Gasteiger charge is -2.21. The molecular weight excluding hydrogens is 228 g/mol. The van der Waals surface area contributed by atoms with Crippen LogP contribution in [-0.4, -0.2) is 6.10 Å². The van der Waals surface area contributed by atoms with Gasteiger partial charge in [-0.2, -0.15) is 0 Å². The van der Waals surface area contributed by atoms with E-state index in [1.165, 1.54) is 5.56 Å². The molecule has 2 heteroatoms. The van der Waals surface area contributed by atoms with Crippen LogP contribution in [0.4, 0.5) is 0 Å². The summed E-state index contributed by atoms with van der Waals surface area (Å²) in [6.45, 7) is 4.11.